The van der Waals surface area contributed by atoms with Gasteiger partial charge in [0.2, 0.25) is 0 Å². The summed E-state index contributed by atoms with van der Waals surface area (Å²) in [5.41, 5.74) is -1.43. The van der Waals surface area contributed by atoms with Crippen molar-refractivity contribution < 1.29 is 26.3 Å². The lowest BCUT2D eigenvalue weighted by Crippen LogP contribution is -2.18. The van der Waals surface area contributed by atoms with Crippen LogP contribution in [0.15, 0.2) is 24.3 Å². The summed E-state index contributed by atoms with van der Waals surface area (Å²) in [6.45, 7) is -0.282. The third-order valence-electron chi connectivity index (χ3n) is 7.80. The van der Waals surface area contributed by atoms with Gasteiger partial charge in [0, 0.05) is 0 Å². The van der Waals surface area contributed by atoms with Gasteiger partial charge in [-0.2, -0.15) is 13.2 Å². The number of benzene rings is 1. The summed E-state index contributed by atoms with van der Waals surface area (Å²) in [4.78, 5) is 0. The molecule has 0 N–H and O–H groups in total. The monoisotopic (exact) mass is 474 g/mol. The van der Waals surface area contributed by atoms with Gasteiger partial charge in [0.05, 0.1) is 6.67 Å². The summed E-state index contributed by atoms with van der Waals surface area (Å²) >= 11 is 0. The molecule has 0 spiro atoms. The normalized spacial score (nSPS) is 26.7. The second-order valence-corrected chi connectivity index (χ2v) is 10.1. The van der Waals surface area contributed by atoms with E-state index in [0.29, 0.717) is 17.9 Å². The molecule has 3 rings (SSSR count). The molecule has 0 amide bonds. The molecule has 0 heterocycles. The summed E-state index contributed by atoms with van der Waals surface area (Å²) in [7, 11) is 0. The fourth-order valence-corrected chi connectivity index (χ4v) is 5.79. The highest BCUT2D eigenvalue weighted by atomic mass is 19.4. The summed E-state index contributed by atoms with van der Waals surface area (Å²) in [6.07, 6.45) is 12.8. The van der Waals surface area contributed by atoms with Crippen LogP contribution in [0.5, 0.6) is 0 Å². The first-order chi connectivity index (χ1) is 15.8. The van der Waals surface area contributed by atoms with Gasteiger partial charge < -0.3 is 0 Å². The van der Waals surface area contributed by atoms with E-state index in [1.165, 1.54) is 44.9 Å². The van der Waals surface area contributed by atoms with Gasteiger partial charge in [-0.1, -0.05) is 50.7 Å². The van der Waals surface area contributed by atoms with E-state index in [2.05, 4.69) is 6.08 Å². The first kappa shape index (κ1) is 26.2. The quantitative estimate of drug-likeness (QED) is 0.247. The minimum absolute atomic E-state index is 0.0677. The van der Waals surface area contributed by atoms with Gasteiger partial charge in [-0.05, 0) is 86.3 Å². The number of rotatable bonds is 9. The number of hydrogen-bond acceptors (Lipinski definition) is 0. The molecule has 2 fully saturated rings. The Kier molecular flexibility index (Phi) is 9.75. The summed E-state index contributed by atoms with van der Waals surface area (Å²) in [6, 6.07) is 1.76. The minimum Gasteiger partial charge on any atom is -0.251 e. The zero-order chi connectivity index (χ0) is 23.8. The van der Waals surface area contributed by atoms with E-state index < -0.39 is 23.4 Å². The van der Waals surface area contributed by atoms with Gasteiger partial charge in [0.1, 0.15) is 17.2 Å². The van der Waals surface area contributed by atoms with Crippen molar-refractivity contribution >= 4 is 0 Å². The number of alkyl halides is 4. The van der Waals surface area contributed by atoms with Crippen molar-refractivity contribution in [2.24, 2.45) is 17.8 Å². The predicted octanol–water partition coefficient (Wildman–Crippen LogP) is 9.54. The van der Waals surface area contributed by atoms with Gasteiger partial charge >= 0.3 is 6.18 Å². The van der Waals surface area contributed by atoms with E-state index in [9.17, 15) is 26.3 Å². The van der Waals surface area contributed by atoms with Crippen LogP contribution in [0.1, 0.15) is 101 Å². The van der Waals surface area contributed by atoms with Crippen LogP contribution >= 0.6 is 0 Å². The van der Waals surface area contributed by atoms with Crippen molar-refractivity contribution in [3.05, 3.63) is 47.0 Å². The Hall–Kier alpha value is -1.46. The molecule has 2 saturated carbocycles. The average Bonchev–Trinajstić information content (AvgIpc) is 2.77. The molecule has 186 valence electrons. The van der Waals surface area contributed by atoms with Gasteiger partial charge in [0.15, 0.2) is 0 Å². The molecule has 0 aliphatic heterocycles. The molecule has 1 aromatic rings. The molecule has 2 aliphatic rings. The average molecular weight is 475 g/mol. The molecule has 6 heteroatoms. The maximum Gasteiger partial charge on any atom is 0.422 e. The highest BCUT2D eigenvalue weighted by Gasteiger charge is 2.38. The van der Waals surface area contributed by atoms with Crippen molar-refractivity contribution in [1.29, 1.82) is 0 Å². The first-order valence-corrected chi connectivity index (χ1v) is 12.5. The van der Waals surface area contributed by atoms with E-state index in [0.717, 1.165) is 56.1 Å². The van der Waals surface area contributed by atoms with Crippen molar-refractivity contribution in [3.8, 4) is 0 Å². The lowest BCUT2D eigenvalue weighted by atomic mass is 9.74. The second-order valence-electron chi connectivity index (χ2n) is 10.1. The Morgan fingerprint density at radius 2 is 1.15 bits per heavy atom. The first-order valence-electron chi connectivity index (χ1n) is 12.5. The molecular weight excluding hydrogens is 438 g/mol. The summed E-state index contributed by atoms with van der Waals surface area (Å²) < 4.78 is 78.3. The van der Waals surface area contributed by atoms with Gasteiger partial charge in [-0.3, -0.25) is 4.39 Å². The van der Waals surface area contributed by atoms with E-state index >= 15 is 0 Å². The molecule has 1 aromatic carbocycles. The highest BCUT2D eigenvalue weighted by molar-refractivity contribution is 5.30. The Labute approximate surface area is 193 Å². The number of halogens is 6. The standard InChI is InChI=1S/C27H36F6/c28-16-4-2-1-3-5-19-6-8-20(9-7-19)10-11-21-12-14-22(15-13-21)23-17-24(29)26(25(30)18-23)27(31,32)33/h1-2,17-22H,3-16H2. The zero-order valence-electron chi connectivity index (χ0n) is 19.3. The lowest BCUT2D eigenvalue weighted by molar-refractivity contribution is -0.142. The molecule has 0 saturated heterocycles. The van der Waals surface area contributed by atoms with Crippen molar-refractivity contribution in [2.45, 2.75) is 95.6 Å². The van der Waals surface area contributed by atoms with E-state index in [1.54, 1.807) is 0 Å². The molecular formula is C27H36F6. The number of hydrogen-bond donors (Lipinski definition) is 0. The fraction of sp³-hybridized carbons (Fsp3) is 0.704. The SMILES string of the molecule is FCCC=CCCC1CCC(CCC2CCC(c3cc(F)c(C(F)(F)F)c(F)c3)CC2)CC1. The van der Waals surface area contributed by atoms with E-state index in [4.69, 9.17) is 0 Å². The molecule has 0 aromatic heterocycles. The van der Waals surface area contributed by atoms with Crippen molar-refractivity contribution in [1.82, 2.24) is 0 Å². The Morgan fingerprint density at radius 3 is 1.64 bits per heavy atom. The Morgan fingerprint density at radius 1 is 0.697 bits per heavy atom. The largest absolute Gasteiger partial charge is 0.422 e. The molecule has 0 radical (unpaired) electrons. The smallest absolute Gasteiger partial charge is 0.251 e. The zero-order valence-corrected chi connectivity index (χ0v) is 19.3. The van der Waals surface area contributed by atoms with Crippen LogP contribution < -0.4 is 0 Å². The van der Waals surface area contributed by atoms with Crippen LogP contribution in [-0.4, -0.2) is 6.67 Å². The Bertz CT molecular complexity index is 729. The summed E-state index contributed by atoms with van der Waals surface area (Å²) in [5, 5.41) is 0. The maximum absolute atomic E-state index is 13.9. The van der Waals surface area contributed by atoms with Crippen LogP contribution in [0.2, 0.25) is 0 Å². The van der Waals surface area contributed by atoms with Crippen LogP contribution in [-0.2, 0) is 6.18 Å². The maximum atomic E-state index is 13.9. The fourth-order valence-electron chi connectivity index (χ4n) is 5.79. The highest BCUT2D eigenvalue weighted by Crippen LogP contribution is 2.42. The van der Waals surface area contributed by atoms with Crippen LogP contribution in [0.3, 0.4) is 0 Å². The molecule has 0 atom stereocenters. The summed E-state index contributed by atoms with van der Waals surface area (Å²) in [5.74, 6) is -0.918. The van der Waals surface area contributed by atoms with E-state index in [-0.39, 0.29) is 12.6 Å². The lowest BCUT2D eigenvalue weighted by Gasteiger charge is -2.32. The third-order valence-corrected chi connectivity index (χ3v) is 7.80. The molecule has 33 heavy (non-hydrogen) atoms. The predicted molar refractivity (Wildman–Crippen MR) is 120 cm³/mol. The molecule has 0 nitrogen and oxygen atoms in total. The van der Waals surface area contributed by atoms with Crippen molar-refractivity contribution in [3.63, 3.8) is 0 Å². The van der Waals surface area contributed by atoms with Gasteiger partial charge in [0.25, 0.3) is 0 Å². The van der Waals surface area contributed by atoms with Crippen LogP contribution in [0.4, 0.5) is 26.3 Å². The van der Waals surface area contributed by atoms with Crippen molar-refractivity contribution in [2.75, 3.05) is 6.67 Å². The second kappa shape index (κ2) is 12.3. The van der Waals surface area contributed by atoms with Gasteiger partial charge in [-0.25, -0.2) is 8.78 Å². The molecule has 0 unspecified atom stereocenters. The third kappa shape index (κ3) is 7.78. The molecule has 2 aliphatic carbocycles. The van der Waals surface area contributed by atoms with E-state index in [1.807, 2.05) is 6.08 Å². The molecule has 0 bridgehead atoms. The topological polar surface area (TPSA) is 0 Å². The number of allylic oxidation sites excluding steroid dienone is 2. The van der Waals surface area contributed by atoms with Crippen LogP contribution in [0.25, 0.3) is 0 Å². The Balaban J connectivity index is 1.37. The minimum atomic E-state index is -5.02. The van der Waals surface area contributed by atoms with Crippen LogP contribution in [0, 0.1) is 29.4 Å². The van der Waals surface area contributed by atoms with Gasteiger partial charge in [-0.15, -0.1) is 0 Å².